The van der Waals surface area contributed by atoms with E-state index in [4.69, 9.17) is 14.4 Å². The maximum Gasteiger partial charge on any atom is 0.245 e. The Morgan fingerprint density at radius 1 is 1.17 bits per heavy atom. The quantitative estimate of drug-likeness (QED) is 0.456. The molecule has 4 aromatic rings. The Kier molecular flexibility index (Phi) is 5.08. The van der Waals surface area contributed by atoms with Crippen LogP contribution in [0.15, 0.2) is 47.2 Å². The minimum absolute atomic E-state index is 0.0226. The molecule has 35 heavy (non-hydrogen) atoms. The molecule has 0 spiro atoms. The summed E-state index contributed by atoms with van der Waals surface area (Å²) in [6, 6.07) is 12.0. The van der Waals surface area contributed by atoms with Crippen molar-refractivity contribution in [3.05, 3.63) is 65.4 Å². The van der Waals surface area contributed by atoms with E-state index in [0.29, 0.717) is 28.9 Å². The molecular formula is C27H24N6O2. The van der Waals surface area contributed by atoms with Crippen LogP contribution in [0.25, 0.3) is 40.2 Å². The molecule has 1 N–H and O–H groups in total. The number of benzene rings is 1. The van der Waals surface area contributed by atoms with Crippen molar-refractivity contribution in [1.82, 2.24) is 24.7 Å². The third-order valence-electron chi connectivity index (χ3n) is 6.93. The predicted octanol–water partition coefficient (Wildman–Crippen LogP) is 4.69. The minimum Gasteiger partial charge on any atom is -0.435 e. The second-order valence-corrected chi connectivity index (χ2v) is 9.34. The lowest BCUT2D eigenvalue weighted by atomic mass is 9.87. The molecule has 3 aromatic heterocycles. The average Bonchev–Trinajstić information content (AvgIpc) is 3.50. The number of nitriles is 1. The number of hydrogen-bond donors (Lipinski definition) is 1. The molecule has 3 heterocycles. The van der Waals surface area contributed by atoms with Crippen molar-refractivity contribution in [2.75, 3.05) is 6.61 Å². The molecule has 1 saturated carbocycles. The summed E-state index contributed by atoms with van der Waals surface area (Å²) in [5.41, 5.74) is 5.83. The Bertz CT molecular complexity index is 1500. The molecule has 1 aromatic carbocycles. The topological polar surface area (TPSA) is 114 Å². The Balaban J connectivity index is 1.51. The van der Waals surface area contributed by atoms with Gasteiger partial charge in [0.05, 0.1) is 17.3 Å². The highest BCUT2D eigenvalue weighted by atomic mass is 16.4. The summed E-state index contributed by atoms with van der Waals surface area (Å²) >= 11 is 0. The molecule has 0 bridgehead atoms. The van der Waals surface area contributed by atoms with Crippen LogP contribution in [0.5, 0.6) is 0 Å². The van der Waals surface area contributed by atoms with Crippen molar-refractivity contribution in [2.45, 2.75) is 31.6 Å². The third kappa shape index (κ3) is 3.74. The van der Waals surface area contributed by atoms with Crippen molar-refractivity contribution >= 4 is 6.08 Å². The summed E-state index contributed by atoms with van der Waals surface area (Å²) in [6.45, 7) is 2.13. The highest BCUT2D eigenvalue weighted by Crippen LogP contribution is 2.43. The Labute approximate surface area is 202 Å². The van der Waals surface area contributed by atoms with Gasteiger partial charge in [0.25, 0.3) is 0 Å². The fraction of sp³-hybridized carbons (Fsp3) is 0.296. The van der Waals surface area contributed by atoms with Crippen LogP contribution in [0, 0.1) is 17.2 Å². The molecule has 0 aliphatic heterocycles. The minimum atomic E-state index is 0.0226. The van der Waals surface area contributed by atoms with Gasteiger partial charge in [-0.15, -0.1) is 10.2 Å². The van der Waals surface area contributed by atoms with Gasteiger partial charge in [-0.05, 0) is 54.3 Å². The summed E-state index contributed by atoms with van der Waals surface area (Å²) in [5.74, 6) is 2.38. The van der Waals surface area contributed by atoms with Crippen molar-refractivity contribution < 1.29 is 9.52 Å². The highest BCUT2D eigenvalue weighted by Gasteiger charge is 2.30. The van der Waals surface area contributed by atoms with Crippen LogP contribution in [0.1, 0.15) is 54.3 Å². The van der Waals surface area contributed by atoms with Gasteiger partial charge >= 0.3 is 0 Å². The Morgan fingerprint density at radius 2 is 2.03 bits per heavy atom. The lowest BCUT2D eigenvalue weighted by molar-refractivity contribution is 0.235. The number of pyridine rings is 1. The molecule has 8 nitrogen and oxygen atoms in total. The molecule has 2 aliphatic carbocycles. The molecule has 2 aliphatic rings. The second-order valence-electron chi connectivity index (χ2n) is 9.34. The molecule has 0 radical (unpaired) electrons. The lowest BCUT2D eigenvalue weighted by Gasteiger charge is -2.20. The molecule has 6 rings (SSSR count). The number of aliphatic hydroxyl groups excluding tert-OH is 1. The summed E-state index contributed by atoms with van der Waals surface area (Å²) < 4.78 is 7.99. The summed E-state index contributed by atoms with van der Waals surface area (Å²) in [7, 11) is 1.89. The monoisotopic (exact) mass is 464 g/mol. The molecule has 174 valence electrons. The fourth-order valence-electron chi connectivity index (χ4n) is 4.68. The zero-order chi connectivity index (χ0) is 24.1. The number of nitrogens with zero attached hydrogens (tertiary/aromatic N) is 6. The van der Waals surface area contributed by atoms with E-state index >= 15 is 0 Å². The van der Waals surface area contributed by atoms with E-state index in [2.05, 4.69) is 29.3 Å². The zero-order valence-corrected chi connectivity index (χ0v) is 19.5. The van der Waals surface area contributed by atoms with Crippen LogP contribution in [-0.4, -0.2) is 36.4 Å². The zero-order valence-electron chi connectivity index (χ0n) is 19.5. The first-order chi connectivity index (χ1) is 17.1. The third-order valence-corrected chi connectivity index (χ3v) is 6.93. The van der Waals surface area contributed by atoms with Crippen molar-refractivity contribution in [3.8, 4) is 40.2 Å². The number of aryl methyl sites for hydroxylation is 1. The Morgan fingerprint density at radius 3 is 2.74 bits per heavy atom. The van der Waals surface area contributed by atoms with E-state index in [1.54, 1.807) is 6.33 Å². The average molecular weight is 465 g/mol. The van der Waals surface area contributed by atoms with E-state index in [9.17, 15) is 10.4 Å². The van der Waals surface area contributed by atoms with E-state index < -0.39 is 0 Å². The molecule has 2 unspecified atom stereocenters. The molecular weight excluding hydrogens is 440 g/mol. The van der Waals surface area contributed by atoms with Crippen molar-refractivity contribution in [3.63, 3.8) is 0 Å². The van der Waals surface area contributed by atoms with Crippen LogP contribution >= 0.6 is 0 Å². The number of aliphatic hydroxyl groups is 1. The summed E-state index contributed by atoms with van der Waals surface area (Å²) in [5, 5.41) is 27.5. The van der Waals surface area contributed by atoms with Gasteiger partial charge in [0.15, 0.2) is 11.6 Å². The smallest absolute Gasteiger partial charge is 0.245 e. The van der Waals surface area contributed by atoms with Gasteiger partial charge in [-0.25, -0.2) is 9.97 Å². The maximum absolute atomic E-state index is 9.69. The number of hydrogen-bond acceptors (Lipinski definition) is 7. The van der Waals surface area contributed by atoms with E-state index in [0.717, 1.165) is 46.7 Å². The van der Waals surface area contributed by atoms with Crippen LogP contribution in [0.2, 0.25) is 0 Å². The van der Waals surface area contributed by atoms with Crippen molar-refractivity contribution in [2.24, 2.45) is 13.0 Å². The fourth-order valence-corrected chi connectivity index (χ4v) is 4.68. The molecule has 2 atom stereocenters. The number of oxazole rings is 1. The second kappa shape index (κ2) is 8.29. The van der Waals surface area contributed by atoms with E-state index in [1.807, 2.05) is 48.0 Å². The van der Waals surface area contributed by atoms with Gasteiger partial charge in [0.2, 0.25) is 5.89 Å². The Hall–Kier alpha value is -4.09. The van der Waals surface area contributed by atoms with Crippen LogP contribution < -0.4 is 0 Å². The van der Waals surface area contributed by atoms with Gasteiger partial charge in [-0.2, -0.15) is 5.26 Å². The summed E-state index contributed by atoms with van der Waals surface area (Å²) in [6.07, 6.45) is 7.74. The number of fused-ring (bicyclic) bond motifs is 1. The van der Waals surface area contributed by atoms with Gasteiger partial charge in [-0.3, -0.25) is 0 Å². The first-order valence-electron chi connectivity index (χ1n) is 11.8. The maximum atomic E-state index is 9.69. The molecule has 8 heteroatoms. The molecule has 0 saturated heterocycles. The normalized spacial score (nSPS) is 18.9. The SMILES string of the molecule is CC1c2nc(-c3cc(-c4ccc(C#N)cc4-c4nncn4C)cc(C4CC4)n3)oc2C=CC1CO. The molecule has 1 fully saturated rings. The van der Waals surface area contributed by atoms with Gasteiger partial charge in [0.1, 0.15) is 12.0 Å². The first kappa shape index (κ1) is 21.4. The van der Waals surface area contributed by atoms with Gasteiger partial charge in [0, 0.05) is 42.7 Å². The van der Waals surface area contributed by atoms with Gasteiger partial charge in [-0.1, -0.05) is 19.1 Å². The number of rotatable bonds is 5. The first-order valence-corrected chi connectivity index (χ1v) is 11.8. The summed E-state index contributed by atoms with van der Waals surface area (Å²) in [4.78, 5) is 9.74. The van der Waals surface area contributed by atoms with E-state index in [1.165, 1.54) is 0 Å². The standard InChI is InChI=1S/C27H24N6O2/c1-15-18(13-34)6-8-24-25(15)31-27(35-24)23-11-19(10-22(30-23)17-4-5-17)20-7-3-16(12-28)9-21(20)26-32-29-14-33(26)2/h3,6-11,14-15,17-18,34H,4-5,13H2,1-2H3. The molecule has 0 amide bonds. The largest absolute Gasteiger partial charge is 0.435 e. The lowest BCUT2D eigenvalue weighted by Crippen LogP contribution is -2.15. The van der Waals surface area contributed by atoms with Crippen LogP contribution in [0.4, 0.5) is 0 Å². The van der Waals surface area contributed by atoms with Crippen molar-refractivity contribution in [1.29, 1.82) is 5.26 Å². The number of aromatic nitrogens is 5. The van der Waals surface area contributed by atoms with Crippen LogP contribution in [-0.2, 0) is 7.05 Å². The van der Waals surface area contributed by atoms with Crippen LogP contribution in [0.3, 0.4) is 0 Å². The van der Waals surface area contributed by atoms with E-state index in [-0.39, 0.29) is 18.4 Å². The highest BCUT2D eigenvalue weighted by molar-refractivity contribution is 5.83. The van der Waals surface area contributed by atoms with Gasteiger partial charge < -0.3 is 14.1 Å². The predicted molar refractivity (Wildman–Crippen MR) is 130 cm³/mol.